The van der Waals surface area contributed by atoms with E-state index in [1.54, 1.807) is 18.2 Å². The molecule has 0 radical (unpaired) electrons. The van der Waals surface area contributed by atoms with E-state index in [0.29, 0.717) is 16.3 Å². The summed E-state index contributed by atoms with van der Waals surface area (Å²) in [5.41, 5.74) is 5.43. The number of hydrogen-bond acceptors (Lipinski definition) is 3. The molecule has 0 aliphatic carbocycles. The normalized spacial score (nSPS) is 15.5. The molecule has 1 aliphatic rings. The monoisotopic (exact) mass is 447 g/mol. The molecule has 0 atom stereocenters. The molecule has 0 spiro atoms. The van der Waals surface area contributed by atoms with Gasteiger partial charge in [0.2, 0.25) is 0 Å². The predicted molar refractivity (Wildman–Crippen MR) is 125 cm³/mol. The van der Waals surface area contributed by atoms with Crippen molar-refractivity contribution in [2.24, 2.45) is 0 Å². The summed E-state index contributed by atoms with van der Waals surface area (Å²) < 4.78 is 2.00. The van der Waals surface area contributed by atoms with Crippen molar-refractivity contribution in [1.29, 1.82) is 0 Å². The number of carbonyl (C=O) groups excluding carboxylic acids is 3. The topological polar surface area (TPSA) is 71.4 Å². The molecule has 4 amide bonds. The van der Waals surface area contributed by atoms with Crippen molar-refractivity contribution >= 4 is 41.2 Å². The fourth-order valence-electron chi connectivity index (χ4n) is 3.96. The highest BCUT2D eigenvalue weighted by molar-refractivity contribution is 6.39. The molecule has 3 aromatic rings. The van der Waals surface area contributed by atoms with Gasteiger partial charge < -0.3 is 4.57 Å². The lowest BCUT2D eigenvalue weighted by molar-refractivity contribution is -0.122. The largest absolute Gasteiger partial charge is 0.335 e. The standard InChI is InChI=1S/C25H22ClN3O3/c1-14-7-5-10-22(16(14)3)29-24(31)21(23(30)27-25(29)32)12-18-11-15(2)28(17(18)4)20-9-6-8-19(26)13-20/h5-13H,1-4H3,(H,27,30,32)/b21-12+. The van der Waals surface area contributed by atoms with Gasteiger partial charge in [-0.15, -0.1) is 0 Å². The minimum Gasteiger partial charge on any atom is -0.318 e. The lowest BCUT2D eigenvalue weighted by Crippen LogP contribution is -2.54. The third kappa shape index (κ3) is 3.63. The smallest absolute Gasteiger partial charge is 0.318 e. The van der Waals surface area contributed by atoms with Crippen molar-refractivity contribution < 1.29 is 14.4 Å². The van der Waals surface area contributed by atoms with E-state index in [1.807, 2.05) is 62.6 Å². The Morgan fingerprint density at radius 2 is 1.66 bits per heavy atom. The van der Waals surface area contributed by atoms with Gasteiger partial charge >= 0.3 is 6.03 Å². The van der Waals surface area contributed by atoms with Crippen molar-refractivity contribution in [2.75, 3.05) is 4.90 Å². The van der Waals surface area contributed by atoms with E-state index >= 15 is 0 Å². The molecule has 0 saturated carbocycles. The second kappa shape index (κ2) is 8.13. The highest BCUT2D eigenvalue weighted by atomic mass is 35.5. The molecule has 1 saturated heterocycles. The molecule has 0 unspecified atom stereocenters. The zero-order valence-corrected chi connectivity index (χ0v) is 18.9. The molecule has 4 rings (SSSR count). The number of rotatable bonds is 3. The molecule has 1 aromatic heterocycles. The van der Waals surface area contributed by atoms with Crippen LogP contribution in [0.4, 0.5) is 10.5 Å². The van der Waals surface area contributed by atoms with Crippen molar-refractivity contribution in [2.45, 2.75) is 27.7 Å². The van der Waals surface area contributed by atoms with Crippen LogP contribution in [0.5, 0.6) is 0 Å². The second-order valence-corrected chi connectivity index (χ2v) is 8.26. The number of benzene rings is 2. The first-order valence-electron chi connectivity index (χ1n) is 10.1. The first-order valence-corrected chi connectivity index (χ1v) is 10.5. The Labute approximate surface area is 191 Å². The first-order chi connectivity index (χ1) is 15.2. The predicted octanol–water partition coefficient (Wildman–Crippen LogP) is 5.03. The van der Waals surface area contributed by atoms with Crippen LogP contribution < -0.4 is 10.2 Å². The zero-order chi connectivity index (χ0) is 23.2. The van der Waals surface area contributed by atoms with E-state index < -0.39 is 17.8 Å². The van der Waals surface area contributed by atoms with Gasteiger partial charge in [0.05, 0.1) is 5.69 Å². The zero-order valence-electron chi connectivity index (χ0n) is 18.2. The van der Waals surface area contributed by atoms with Gasteiger partial charge in [0, 0.05) is 22.1 Å². The van der Waals surface area contributed by atoms with Crippen molar-refractivity contribution in [3.05, 3.63) is 87.2 Å². The van der Waals surface area contributed by atoms with Gasteiger partial charge in [-0.05, 0) is 80.8 Å². The van der Waals surface area contributed by atoms with Gasteiger partial charge in [-0.25, -0.2) is 9.69 Å². The van der Waals surface area contributed by atoms with Gasteiger partial charge in [0.1, 0.15) is 5.57 Å². The van der Waals surface area contributed by atoms with Gasteiger partial charge in [0.15, 0.2) is 0 Å². The molecular weight excluding hydrogens is 426 g/mol. The maximum atomic E-state index is 13.3. The Morgan fingerprint density at radius 1 is 0.938 bits per heavy atom. The fraction of sp³-hybridized carbons (Fsp3) is 0.160. The van der Waals surface area contributed by atoms with E-state index in [2.05, 4.69) is 5.32 Å². The summed E-state index contributed by atoms with van der Waals surface area (Å²) in [6.45, 7) is 7.57. The van der Waals surface area contributed by atoms with Crippen LogP contribution in [0, 0.1) is 27.7 Å². The van der Waals surface area contributed by atoms with Crippen LogP contribution >= 0.6 is 11.6 Å². The average Bonchev–Trinajstić information content (AvgIpc) is 3.01. The maximum Gasteiger partial charge on any atom is 0.335 e. The summed E-state index contributed by atoms with van der Waals surface area (Å²) in [5, 5.41) is 2.90. The molecule has 162 valence electrons. The third-order valence-electron chi connectivity index (χ3n) is 5.76. The molecule has 6 nitrogen and oxygen atoms in total. The number of anilines is 1. The second-order valence-electron chi connectivity index (χ2n) is 7.82. The third-order valence-corrected chi connectivity index (χ3v) is 5.99. The maximum absolute atomic E-state index is 13.3. The summed E-state index contributed by atoms with van der Waals surface area (Å²) >= 11 is 6.15. The first kappa shape index (κ1) is 21.6. The number of imide groups is 2. The Bertz CT molecular complexity index is 1320. The number of halogens is 1. The van der Waals surface area contributed by atoms with Gasteiger partial charge in [-0.2, -0.15) is 0 Å². The van der Waals surface area contributed by atoms with Crippen molar-refractivity contribution in [1.82, 2.24) is 9.88 Å². The minimum absolute atomic E-state index is 0.100. The van der Waals surface area contributed by atoms with Gasteiger partial charge in [-0.1, -0.05) is 29.8 Å². The van der Waals surface area contributed by atoms with Crippen LogP contribution in [0.15, 0.2) is 54.1 Å². The summed E-state index contributed by atoms with van der Waals surface area (Å²) in [5.74, 6) is -1.37. The number of barbiturate groups is 1. The highest BCUT2D eigenvalue weighted by Gasteiger charge is 2.37. The minimum atomic E-state index is -0.754. The van der Waals surface area contributed by atoms with Crippen molar-refractivity contribution in [3.8, 4) is 5.69 Å². The Kier molecular flexibility index (Phi) is 5.48. The number of urea groups is 1. The lowest BCUT2D eigenvalue weighted by atomic mass is 10.0. The summed E-state index contributed by atoms with van der Waals surface area (Å²) in [7, 11) is 0. The van der Waals surface area contributed by atoms with E-state index in [1.165, 1.54) is 6.08 Å². The number of hydrogen-bond donors (Lipinski definition) is 1. The number of nitrogens with zero attached hydrogens (tertiary/aromatic N) is 2. The number of carbonyl (C=O) groups is 3. The summed E-state index contributed by atoms with van der Waals surface area (Å²) in [6, 6.07) is 13.9. The molecule has 0 bridgehead atoms. The average molecular weight is 448 g/mol. The Balaban J connectivity index is 1.79. The summed E-state index contributed by atoms with van der Waals surface area (Å²) in [4.78, 5) is 39.4. The quantitative estimate of drug-likeness (QED) is 0.452. The molecule has 1 fully saturated rings. The molecular formula is C25H22ClN3O3. The van der Waals surface area contributed by atoms with E-state index in [-0.39, 0.29) is 5.57 Å². The molecule has 1 N–H and O–H groups in total. The lowest BCUT2D eigenvalue weighted by Gasteiger charge is -2.28. The number of amides is 4. The van der Waals surface area contributed by atoms with Gasteiger partial charge in [-0.3, -0.25) is 14.9 Å². The van der Waals surface area contributed by atoms with Crippen LogP contribution in [-0.2, 0) is 9.59 Å². The SMILES string of the molecule is Cc1cccc(N2C(=O)NC(=O)/C(=C\c3cc(C)n(-c4cccc(Cl)c4)c3C)C2=O)c1C. The molecule has 2 aromatic carbocycles. The van der Waals surface area contributed by atoms with E-state index in [4.69, 9.17) is 11.6 Å². The molecule has 1 aliphatic heterocycles. The Hall–Kier alpha value is -3.64. The van der Waals surface area contributed by atoms with E-state index in [9.17, 15) is 14.4 Å². The van der Waals surface area contributed by atoms with Crippen molar-refractivity contribution in [3.63, 3.8) is 0 Å². The van der Waals surface area contributed by atoms with E-state index in [0.717, 1.165) is 33.1 Å². The molecule has 2 heterocycles. The molecule has 7 heteroatoms. The van der Waals surface area contributed by atoms with Crippen LogP contribution in [-0.4, -0.2) is 22.4 Å². The Morgan fingerprint density at radius 3 is 2.38 bits per heavy atom. The highest BCUT2D eigenvalue weighted by Crippen LogP contribution is 2.29. The van der Waals surface area contributed by atoms with Crippen LogP contribution in [0.1, 0.15) is 28.1 Å². The number of aryl methyl sites for hydroxylation is 2. The van der Waals surface area contributed by atoms with Crippen LogP contribution in [0.25, 0.3) is 11.8 Å². The molecule has 32 heavy (non-hydrogen) atoms. The van der Waals surface area contributed by atoms with Crippen LogP contribution in [0.3, 0.4) is 0 Å². The number of aromatic nitrogens is 1. The van der Waals surface area contributed by atoms with Gasteiger partial charge in [0.25, 0.3) is 11.8 Å². The van der Waals surface area contributed by atoms with Crippen LogP contribution in [0.2, 0.25) is 5.02 Å². The number of nitrogens with one attached hydrogen (secondary N) is 1. The summed E-state index contributed by atoms with van der Waals surface area (Å²) in [6.07, 6.45) is 1.53. The fourth-order valence-corrected chi connectivity index (χ4v) is 4.14.